The average molecular weight is 350 g/mol. The van der Waals surface area contributed by atoms with Gasteiger partial charge in [0.05, 0.1) is 13.7 Å². The largest absolute Gasteiger partial charge is 0.493 e. The minimum absolute atomic E-state index is 0.209. The summed E-state index contributed by atoms with van der Waals surface area (Å²) in [4.78, 5) is 0. The number of hydrogen-bond acceptors (Lipinski definition) is 3. The molecule has 0 aliphatic rings. The molecule has 2 rings (SSSR count). The summed E-state index contributed by atoms with van der Waals surface area (Å²) in [7, 11) is 1.65. The minimum atomic E-state index is 0.209. The normalized spacial score (nSPS) is 11.8. The van der Waals surface area contributed by atoms with Gasteiger partial charge in [0.25, 0.3) is 0 Å². The van der Waals surface area contributed by atoms with E-state index in [1.54, 1.807) is 7.11 Å². The van der Waals surface area contributed by atoms with E-state index in [0.717, 1.165) is 21.7 Å². The van der Waals surface area contributed by atoms with Crippen LogP contribution in [0.1, 0.15) is 25.5 Å². The molecule has 1 N–H and O–H groups in total. The van der Waals surface area contributed by atoms with Gasteiger partial charge in [-0.05, 0) is 43.7 Å². The first-order chi connectivity index (χ1) is 10.1. The molecule has 2 aromatic carbocycles. The summed E-state index contributed by atoms with van der Waals surface area (Å²) in [6, 6.07) is 14.4. The van der Waals surface area contributed by atoms with Gasteiger partial charge in [-0.3, -0.25) is 0 Å². The number of methoxy groups -OCH3 is 1. The van der Waals surface area contributed by atoms with Crippen LogP contribution in [0.2, 0.25) is 0 Å². The molecule has 112 valence electrons. The SMILES string of the molecule is CCOc1ccc(NC(C)c2ccc(Br)cc2)cc1OC. The van der Waals surface area contributed by atoms with Crippen LogP contribution in [0.5, 0.6) is 11.5 Å². The van der Waals surface area contributed by atoms with Crippen LogP contribution < -0.4 is 14.8 Å². The van der Waals surface area contributed by atoms with Crippen molar-refractivity contribution in [1.82, 2.24) is 0 Å². The molecular formula is C17H20BrNO2. The van der Waals surface area contributed by atoms with Crippen LogP contribution in [-0.4, -0.2) is 13.7 Å². The van der Waals surface area contributed by atoms with Gasteiger partial charge in [0, 0.05) is 22.3 Å². The van der Waals surface area contributed by atoms with Gasteiger partial charge in [0.15, 0.2) is 11.5 Å². The second-order valence-corrected chi connectivity index (χ2v) is 5.63. The molecule has 0 heterocycles. The van der Waals surface area contributed by atoms with Crippen molar-refractivity contribution >= 4 is 21.6 Å². The van der Waals surface area contributed by atoms with Crippen LogP contribution in [-0.2, 0) is 0 Å². The number of ether oxygens (including phenoxy) is 2. The average Bonchev–Trinajstić information content (AvgIpc) is 2.49. The lowest BCUT2D eigenvalue weighted by molar-refractivity contribution is 0.311. The molecule has 0 radical (unpaired) electrons. The van der Waals surface area contributed by atoms with Gasteiger partial charge in [0.2, 0.25) is 0 Å². The molecule has 0 fully saturated rings. The van der Waals surface area contributed by atoms with Crippen LogP contribution in [0.15, 0.2) is 46.9 Å². The molecule has 1 atom stereocenters. The third-order valence-electron chi connectivity index (χ3n) is 3.22. The Bertz CT molecular complexity index is 584. The number of hydrogen-bond donors (Lipinski definition) is 1. The number of rotatable bonds is 6. The second kappa shape index (κ2) is 7.36. The highest BCUT2D eigenvalue weighted by atomic mass is 79.9. The van der Waals surface area contributed by atoms with Gasteiger partial charge in [0.1, 0.15) is 0 Å². The quantitative estimate of drug-likeness (QED) is 0.793. The lowest BCUT2D eigenvalue weighted by Crippen LogP contribution is -2.06. The predicted molar refractivity (Wildman–Crippen MR) is 90.3 cm³/mol. The summed E-state index contributed by atoms with van der Waals surface area (Å²) in [5.41, 5.74) is 2.23. The van der Waals surface area contributed by atoms with Crippen LogP contribution in [0.3, 0.4) is 0 Å². The smallest absolute Gasteiger partial charge is 0.162 e. The van der Waals surface area contributed by atoms with Crippen molar-refractivity contribution < 1.29 is 9.47 Å². The molecule has 0 bridgehead atoms. The van der Waals surface area contributed by atoms with Crippen LogP contribution in [0.25, 0.3) is 0 Å². The molecule has 3 nitrogen and oxygen atoms in total. The number of anilines is 1. The lowest BCUT2D eigenvalue weighted by Gasteiger charge is -2.17. The van der Waals surface area contributed by atoms with E-state index < -0.39 is 0 Å². The Hall–Kier alpha value is -1.68. The number of benzene rings is 2. The predicted octanol–water partition coefficient (Wildman–Crippen LogP) is 5.03. The molecule has 0 spiro atoms. The first-order valence-electron chi connectivity index (χ1n) is 6.97. The fourth-order valence-corrected chi connectivity index (χ4v) is 2.38. The van der Waals surface area contributed by atoms with E-state index in [2.05, 4.69) is 40.3 Å². The Morgan fingerprint density at radius 2 is 1.81 bits per heavy atom. The first-order valence-corrected chi connectivity index (χ1v) is 7.76. The second-order valence-electron chi connectivity index (χ2n) is 4.72. The summed E-state index contributed by atoms with van der Waals surface area (Å²) in [6.45, 7) is 4.71. The first kappa shape index (κ1) is 15.7. The van der Waals surface area contributed by atoms with Gasteiger partial charge >= 0.3 is 0 Å². The summed E-state index contributed by atoms with van der Waals surface area (Å²) in [5, 5.41) is 3.47. The van der Waals surface area contributed by atoms with Crippen molar-refractivity contribution in [3.8, 4) is 11.5 Å². The van der Waals surface area contributed by atoms with Gasteiger partial charge in [-0.2, -0.15) is 0 Å². The Labute approximate surface area is 134 Å². The van der Waals surface area contributed by atoms with E-state index >= 15 is 0 Å². The molecule has 0 saturated heterocycles. The van der Waals surface area contributed by atoms with Crippen molar-refractivity contribution in [1.29, 1.82) is 0 Å². The lowest BCUT2D eigenvalue weighted by atomic mass is 10.1. The molecule has 0 aliphatic heterocycles. The van der Waals surface area contributed by atoms with Gasteiger partial charge in [-0.25, -0.2) is 0 Å². The van der Waals surface area contributed by atoms with Crippen LogP contribution >= 0.6 is 15.9 Å². The fraction of sp³-hybridized carbons (Fsp3) is 0.294. The number of nitrogens with one attached hydrogen (secondary N) is 1. The fourth-order valence-electron chi connectivity index (χ4n) is 2.12. The number of halogens is 1. The van der Waals surface area contributed by atoms with Gasteiger partial charge < -0.3 is 14.8 Å². The Morgan fingerprint density at radius 1 is 1.10 bits per heavy atom. The summed E-state index contributed by atoms with van der Waals surface area (Å²) >= 11 is 3.45. The maximum Gasteiger partial charge on any atom is 0.162 e. The maximum absolute atomic E-state index is 5.53. The third-order valence-corrected chi connectivity index (χ3v) is 3.75. The maximum atomic E-state index is 5.53. The highest BCUT2D eigenvalue weighted by Gasteiger charge is 2.09. The Morgan fingerprint density at radius 3 is 2.43 bits per heavy atom. The zero-order valence-electron chi connectivity index (χ0n) is 12.5. The van der Waals surface area contributed by atoms with E-state index in [0.29, 0.717) is 6.61 Å². The minimum Gasteiger partial charge on any atom is -0.493 e. The molecule has 4 heteroatoms. The van der Waals surface area contributed by atoms with E-state index in [1.165, 1.54) is 5.56 Å². The van der Waals surface area contributed by atoms with E-state index in [9.17, 15) is 0 Å². The molecular weight excluding hydrogens is 330 g/mol. The monoisotopic (exact) mass is 349 g/mol. The van der Waals surface area contributed by atoms with Crippen molar-refractivity contribution in [3.05, 3.63) is 52.5 Å². The topological polar surface area (TPSA) is 30.5 Å². The molecule has 1 unspecified atom stereocenters. The molecule has 0 amide bonds. The Balaban J connectivity index is 2.13. The van der Waals surface area contributed by atoms with Gasteiger partial charge in [-0.1, -0.05) is 28.1 Å². The molecule has 0 aromatic heterocycles. The van der Waals surface area contributed by atoms with Crippen molar-refractivity contribution in [2.24, 2.45) is 0 Å². The summed E-state index contributed by atoms with van der Waals surface area (Å²) < 4.78 is 12.0. The van der Waals surface area contributed by atoms with E-state index in [1.807, 2.05) is 37.3 Å². The highest BCUT2D eigenvalue weighted by Crippen LogP contribution is 2.31. The molecule has 0 saturated carbocycles. The highest BCUT2D eigenvalue weighted by molar-refractivity contribution is 9.10. The van der Waals surface area contributed by atoms with E-state index in [-0.39, 0.29) is 6.04 Å². The van der Waals surface area contributed by atoms with Crippen LogP contribution in [0.4, 0.5) is 5.69 Å². The van der Waals surface area contributed by atoms with Crippen LogP contribution in [0, 0.1) is 0 Å². The van der Waals surface area contributed by atoms with Crippen molar-refractivity contribution in [3.63, 3.8) is 0 Å². The zero-order chi connectivity index (χ0) is 15.2. The summed E-state index contributed by atoms with van der Waals surface area (Å²) in [5.74, 6) is 1.51. The van der Waals surface area contributed by atoms with Crippen molar-refractivity contribution in [2.45, 2.75) is 19.9 Å². The molecule has 0 aliphatic carbocycles. The van der Waals surface area contributed by atoms with Crippen molar-refractivity contribution in [2.75, 3.05) is 19.0 Å². The molecule has 21 heavy (non-hydrogen) atoms. The Kier molecular flexibility index (Phi) is 5.51. The van der Waals surface area contributed by atoms with Gasteiger partial charge in [-0.15, -0.1) is 0 Å². The third kappa shape index (κ3) is 4.14. The standard InChI is InChI=1S/C17H20BrNO2/c1-4-21-16-10-9-15(11-17(16)20-3)19-12(2)13-5-7-14(18)8-6-13/h5-12,19H,4H2,1-3H3. The molecule has 2 aromatic rings. The van der Waals surface area contributed by atoms with E-state index in [4.69, 9.17) is 9.47 Å². The zero-order valence-corrected chi connectivity index (χ0v) is 14.1. The summed E-state index contributed by atoms with van der Waals surface area (Å²) in [6.07, 6.45) is 0.